The minimum atomic E-state index is -0.0475. The highest BCUT2D eigenvalue weighted by Gasteiger charge is 2.24. The Morgan fingerprint density at radius 3 is 2.82 bits per heavy atom. The highest BCUT2D eigenvalue weighted by molar-refractivity contribution is 7.99. The number of nitrogens with zero attached hydrogens (tertiary/aromatic N) is 3. The molecule has 1 fully saturated rings. The number of thioether (sulfide) groups is 1. The van der Waals surface area contributed by atoms with Gasteiger partial charge in [-0.1, -0.05) is 23.9 Å². The second-order valence-corrected chi connectivity index (χ2v) is 9.04. The van der Waals surface area contributed by atoms with Gasteiger partial charge in [-0.3, -0.25) is 14.2 Å². The van der Waals surface area contributed by atoms with Gasteiger partial charge in [-0.2, -0.15) is 0 Å². The van der Waals surface area contributed by atoms with Crippen molar-refractivity contribution in [2.75, 3.05) is 38.7 Å². The maximum absolute atomic E-state index is 13.3. The van der Waals surface area contributed by atoms with Crippen molar-refractivity contribution < 1.29 is 14.3 Å². The van der Waals surface area contributed by atoms with Gasteiger partial charge in [0, 0.05) is 24.5 Å². The summed E-state index contributed by atoms with van der Waals surface area (Å²) in [5, 5.41) is 1.27. The van der Waals surface area contributed by atoms with Crippen LogP contribution in [0.2, 0.25) is 0 Å². The Morgan fingerprint density at radius 1 is 1.29 bits per heavy atom. The van der Waals surface area contributed by atoms with Gasteiger partial charge in [-0.25, -0.2) is 4.98 Å². The van der Waals surface area contributed by atoms with Gasteiger partial charge >= 0.3 is 0 Å². The number of morpholine rings is 1. The fourth-order valence-electron chi connectivity index (χ4n) is 3.44. The first-order valence-corrected chi connectivity index (χ1v) is 11.1. The van der Waals surface area contributed by atoms with E-state index in [1.165, 1.54) is 23.1 Å². The first-order valence-electron chi connectivity index (χ1n) is 9.30. The molecule has 0 aliphatic carbocycles. The zero-order valence-electron chi connectivity index (χ0n) is 15.9. The Balaban J connectivity index is 1.67. The van der Waals surface area contributed by atoms with E-state index in [0.717, 1.165) is 27.3 Å². The average molecular weight is 422 g/mol. The second-order valence-electron chi connectivity index (χ2n) is 7.01. The third kappa shape index (κ3) is 3.89. The van der Waals surface area contributed by atoms with Gasteiger partial charge in [0.2, 0.25) is 5.91 Å². The number of amides is 1. The predicted octanol–water partition coefficient (Wildman–Crippen LogP) is 2.06. The van der Waals surface area contributed by atoms with Crippen LogP contribution in [0.4, 0.5) is 0 Å². The van der Waals surface area contributed by atoms with Crippen molar-refractivity contribution in [1.82, 2.24) is 14.5 Å². The van der Waals surface area contributed by atoms with Crippen LogP contribution < -0.4 is 5.56 Å². The fourth-order valence-corrected chi connectivity index (χ4v) is 5.54. The maximum Gasteiger partial charge on any atom is 0.263 e. The number of carbonyl (C=O) groups is 1. The molecule has 1 amide bonds. The Kier molecular flexibility index (Phi) is 5.86. The summed E-state index contributed by atoms with van der Waals surface area (Å²) in [6, 6.07) is 0. The molecule has 1 saturated heterocycles. The molecule has 4 heterocycles. The lowest BCUT2D eigenvalue weighted by molar-refractivity contribution is -0.132. The molecule has 2 aromatic heterocycles. The lowest BCUT2D eigenvalue weighted by Crippen LogP contribution is -2.41. The number of hydrogen-bond donors (Lipinski definition) is 0. The van der Waals surface area contributed by atoms with Gasteiger partial charge in [0.05, 0.1) is 37.6 Å². The molecule has 2 aliphatic heterocycles. The lowest BCUT2D eigenvalue weighted by Gasteiger charge is -2.26. The SMILES string of the molecule is C=C(C)Cn1c(SCC(=O)N2CCOCC2)nc2sc3c(c2c1=O)CCOC3. The number of rotatable bonds is 5. The highest BCUT2D eigenvalue weighted by atomic mass is 32.2. The van der Waals surface area contributed by atoms with E-state index in [0.29, 0.717) is 56.6 Å². The number of thiophene rings is 1. The van der Waals surface area contributed by atoms with Gasteiger partial charge < -0.3 is 14.4 Å². The Morgan fingerprint density at radius 2 is 2.07 bits per heavy atom. The van der Waals surface area contributed by atoms with Crippen molar-refractivity contribution in [3.63, 3.8) is 0 Å². The van der Waals surface area contributed by atoms with Crippen LogP contribution in [0, 0.1) is 0 Å². The zero-order chi connectivity index (χ0) is 19.7. The summed E-state index contributed by atoms with van der Waals surface area (Å²) in [5.74, 6) is 0.297. The van der Waals surface area contributed by atoms with Gasteiger partial charge in [0.15, 0.2) is 5.16 Å². The predicted molar refractivity (Wildman–Crippen MR) is 110 cm³/mol. The molecule has 0 atom stereocenters. The molecule has 28 heavy (non-hydrogen) atoms. The standard InChI is InChI=1S/C19H23N3O4S2/c1-12(2)9-22-18(24)16-13-3-6-26-10-14(13)28-17(16)20-19(22)27-11-15(23)21-4-7-25-8-5-21/h1,3-11H2,2H3. The van der Waals surface area contributed by atoms with Crippen molar-refractivity contribution in [2.45, 2.75) is 31.7 Å². The van der Waals surface area contributed by atoms with Gasteiger partial charge in [0.25, 0.3) is 5.56 Å². The number of aromatic nitrogens is 2. The molecule has 4 rings (SSSR count). The average Bonchev–Trinajstić information content (AvgIpc) is 3.07. The summed E-state index contributed by atoms with van der Waals surface area (Å²) < 4.78 is 12.5. The smallest absolute Gasteiger partial charge is 0.263 e. The molecule has 0 saturated carbocycles. The molecular formula is C19H23N3O4S2. The molecule has 0 spiro atoms. The van der Waals surface area contributed by atoms with E-state index in [4.69, 9.17) is 14.5 Å². The third-order valence-corrected chi connectivity index (χ3v) is 6.87. The summed E-state index contributed by atoms with van der Waals surface area (Å²) >= 11 is 2.84. The minimum Gasteiger partial charge on any atom is -0.378 e. The Bertz CT molecular complexity index is 976. The molecule has 0 unspecified atom stereocenters. The quantitative estimate of drug-likeness (QED) is 0.418. The van der Waals surface area contributed by atoms with Crippen LogP contribution in [0.25, 0.3) is 10.2 Å². The van der Waals surface area contributed by atoms with Crippen molar-refractivity contribution in [1.29, 1.82) is 0 Å². The van der Waals surface area contributed by atoms with Gasteiger partial charge in [0.1, 0.15) is 4.83 Å². The normalized spacial score (nSPS) is 17.0. The summed E-state index contributed by atoms with van der Waals surface area (Å²) in [6.45, 7) is 9.78. The highest BCUT2D eigenvalue weighted by Crippen LogP contribution is 2.33. The zero-order valence-corrected chi connectivity index (χ0v) is 17.5. The Hall–Kier alpha value is -1.68. The minimum absolute atomic E-state index is 0.0448. The molecule has 2 aliphatic rings. The van der Waals surface area contributed by atoms with E-state index in [1.54, 1.807) is 9.47 Å². The van der Waals surface area contributed by atoms with Crippen molar-refractivity contribution in [3.8, 4) is 0 Å². The molecular weight excluding hydrogens is 398 g/mol. The van der Waals surface area contributed by atoms with E-state index in [-0.39, 0.29) is 17.2 Å². The lowest BCUT2D eigenvalue weighted by atomic mass is 10.1. The number of fused-ring (bicyclic) bond motifs is 3. The molecule has 0 bridgehead atoms. The fraction of sp³-hybridized carbons (Fsp3) is 0.526. The van der Waals surface area contributed by atoms with Gasteiger partial charge in [-0.05, 0) is 18.9 Å². The van der Waals surface area contributed by atoms with E-state index in [9.17, 15) is 9.59 Å². The number of carbonyl (C=O) groups excluding carboxylic acids is 1. The van der Waals surface area contributed by atoms with E-state index >= 15 is 0 Å². The molecule has 7 nitrogen and oxygen atoms in total. The van der Waals surface area contributed by atoms with Crippen LogP contribution in [-0.2, 0) is 33.8 Å². The largest absolute Gasteiger partial charge is 0.378 e. The summed E-state index contributed by atoms with van der Waals surface area (Å²) in [5.41, 5.74) is 1.89. The molecule has 0 aromatic carbocycles. The first kappa shape index (κ1) is 19.6. The van der Waals surface area contributed by atoms with Crippen LogP contribution >= 0.6 is 23.1 Å². The van der Waals surface area contributed by atoms with Crippen LogP contribution in [0.3, 0.4) is 0 Å². The van der Waals surface area contributed by atoms with Crippen LogP contribution in [0.1, 0.15) is 17.4 Å². The van der Waals surface area contributed by atoms with Crippen molar-refractivity contribution in [2.24, 2.45) is 0 Å². The van der Waals surface area contributed by atoms with E-state index in [2.05, 4.69) is 6.58 Å². The first-order chi connectivity index (χ1) is 13.5. The van der Waals surface area contributed by atoms with Gasteiger partial charge in [-0.15, -0.1) is 11.3 Å². The van der Waals surface area contributed by atoms with Crippen LogP contribution in [0.5, 0.6) is 0 Å². The van der Waals surface area contributed by atoms with Crippen molar-refractivity contribution in [3.05, 3.63) is 32.9 Å². The molecule has 150 valence electrons. The maximum atomic E-state index is 13.3. The molecule has 0 radical (unpaired) electrons. The van der Waals surface area contributed by atoms with Crippen LogP contribution in [-0.4, -0.2) is 59.0 Å². The van der Waals surface area contributed by atoms with E-state index < -0.39 is 0 Å². The summed E-state index contributed by atoms with van der Waals surface area (Å²) in [4.78, 5) is 34.2. The third-order valence-electron chi connectivity index (χ3n) is 4.81. The van der Waals surface area contributed by atoms with Crippen LogP contribution in [0.15, 0.2) is 22.1 Å². The van der Waals surface area contributed by atoms with Crippen molar-refractivity contribution >= 4 is 39.2 Å². The second kappa shape index (κ2) is 8.36. The molecule has 2 aromatic rings. The number of allylic oxidation sites excluding steroid dienone is 1. The topological polar surface area (TPSA) is 73.7 Å². The van der Waals surface area contributed by atoms with E-state index in [1.807, 2.05) is 6.92 Å². The summed E-state index contributed by atoms with van der Waals surface area (Å²) in [6.07, 6.45) is 0.737. The number of ether oxygens (including phenoxy) is 2. The Labute approximate surface area is 171 Å². The molecule has 9 heteroatoms. The number of hydrogen-bond acceptors (Lipinski definition) is 7. The monoisotopic (exact) mass is 421 g/mol. The summed E-state index contributed by atoms with van der Waals surface area (Å²) in [7, 11) is 0. The molecule has 0 N–H and O–H groups in total.